The molecule has 0 aromatic carbocycles. The number of rotatable bonds is 1. The van der Waals surface area contributed by atoms with E-state index >= 15 is 0 Å². The van der Waals surface area contributed by atoms with Gasteiger partial charge in [-0.15, -0.1) is 4.98 Å². The molecule has 0 spiro atoms. The summed E-state index contributed by atoms with van der Waals surface area (Å²) in [4.78, 5) is 21.7. The molecule has 1 aromatic rings. The molecular formula is C8H7N3O2. The first-order valence-electron chi connectivity index (χ1n) is 3.49. The van der Waals surface area contributed by atoms with E-state index in [1.54, 1.807) is 6.92 Å². The van der Waals surface area contributed by atoms with E-state index in [-0.39, 0.29) is 11.5 Å². The summed E-state index contributed by atoms with van der Waals surface area (Å²) in [6, 6.07) is 1.30. The number of carbonyl (C=O) groups is 1. The molecule has 1 aromatic heterocycles. The molecule has 5 nitrogen and oxygen atoms in total. The predicted octanol–water partition coefficient (Wildman–Crippen LogP) is 1.12. The molecule has 0 unspecified atom stereocenters. The van der Waals surface area contributed by atoms with Gasteiger partial charge < -0.3 is 9.58 Å². The van der Waals surface area contributed by atoms with Gasteiger partial charge in [0.1, 0.15) is 5.69 Å². The second-order valence-electron chi connectivity index (χ2n) is 2.26. The van der Waals surface area contributed by atoms with Gasteiger partial charge in [-0.2, -0.15) is 0 Å². The molecule has 66 valence electrons. The summed E-state index contributed by atoms with van der Waals surface area (Å²) in [6.45, 7) is 8.33. The smallest absolute Gasteiger partial charge is 0.355 e. The van der Waals surface area contributed by atoms with Crippen molar-refractivity contribution in [3.63, 3.8) is 0 Å². The van der Waals surface area contributed by atoms with Crippen molar-refractivity contribution in [2.24, 2.45) is 0 Å². The van der Waals surface area contributed by atoms with Gasteiger partial charge in [-0.05, 0) is 6.07 Å². The number of methoxy groups -OCH3 is 1. The highest BCUT2D eigenvalue weighted by atomic mass is 16.5. The Morgan fingerprint density at radius 1 is 1.62 bits per heavy atom. The number of hydrogen-bond acceptors (Lipinski definition) is 4. The molecule has 1 rings (SSSR count). The van der Waals surface area contributed by atoms with Gasteiger partial charge in [0.2, 0.25) is 5.82 Å². The largest absolute Gasteiger partial charge is 0.464 e. The van der Waals surface area contributed by atoms with Crippen LogP contribution < -0.4 is 0 Å². The number of carbonyl (C=O) groups excluding carboxylic acids is 1. The molecule has 0 amide bonds. The van der Waals surface area contributed by atoms with Crippen LogP contribution in [0, 0.1) is 13.5 Å². The Hall–Kier alpha value is -1.96. The van der Waals surface area contributed by atoms with E-state index in [9.17, 15) is 4.79 Å². The van der Waals surface area contributed by atoms with Crippen LogP contribution in [0.2, 0.25) is 0 Å². The van der Waals surface area contributed by atoms with E-state index in [0.717, 1.165) is 0 Å². The van der Waals surface area contributed by atoms with Crippen molar-refractivity contribution in [2.45, 2.75) is 6.92 Å². The van der Waals surface area contributed by atoms with Crippen LogP contribution in [0.1, 0.15) is 16.3 Å². The summed E-state index contributed by atoms with van der Waals surface area (Å²) >= 11 is 0. The predicted molar refractivity (Wildman–Crippen MR) is 44.4 cm³/mol. The summed E-state index contributed by atoms with van der Waals surface area (Å²) in [5.74, 6) is -0.0304. The summed E-state index contributed by atoms with van der Waals surface area (Å²) < 4.78 is 4.46. The molecule has 0 fully saturated rings. The molecule has 1 heterocycles. The van der Waals surface area contributed by atoms with Crippen molar-refractivity contribution in [1.29, 1.82) is 0 Å². The van der Waals surface area contributed by atoms with Crippen molar-refractivity contribution < 1.29 is 9.53 Å². The van der Waals surface area contributed by atoms with Gasteiger partial charge in [-0.1, -0.05) is 6.57 Å². The first kappa shape index (κ1) is 9.13. The average molecular weight is 177 g/mol. The van der Waals surface area contributed by atoms with E-state index in [2.05, 4.69) is 19.5 Å². The lowest BCUT2D eigenvalue weighted by Gasteiger charge is -1.97. The van der Waals surface area contributed by atoms with E-state index in [1.165, 1.54) is 13.2 Å². The normalized spacial score (nSPS) is 9.00. The van der Waals surface area contributed by atoms with Gasteiger partial charge in [0.05, 0.1) is 7.11 Å². The quantitative estimate of drug-likeness (QED) is 0.476. The van der Waals surface area contributed by atoms with Crippen molar-refractivity contribution in [2.75, 3.05) is 7.11 Å². The Labute approximate surface area is 75.2 Å². The summed E-state index contributed by atoms with van der Waals surface area (Å²) in [6.07, 6.45) is 0. The third-order valence-corrected chi connectivity index (χ3v) is 1.33. The number of esters is 1. The highest BCUT2D eigenvalue weighted by Gasteiger charge is 2.10. The lowest BCUT2D eigenvalue weighted by molar-refractivity contribution is 0.0593. The van der Waals surface area contributed by atoms with Gasteiger partial charge in [-0.3, -0.25) is 0 Å². The zero-order chi connectivity index (χ0) is 9.84. The van der Waals surface area contributed by atoms with Gasteiger partial charge in [0, 0.05) is 6.92 Å². The van der Waals surface area contributed by atoms with Gasteiger partial charge in [0.25, 0.3) is 5.82 Å². The minimum absolute atomic E-state index is 0.112. The van der Waals surface area contributed by atoms with Crippen LogP contribution in [0.5, 0.6) is 0 Å². The molecule has 0 radical (unpaired) electrons. The molecule has 0 aliphatic carbocycles. The molecule has 0 saturated carbocycles. The highest BCUT2D eigenvalue weighted by Crippen LogP contribution is 2.10. The summed E-state index contributed by atoms with van der Waals surface area (Å²) in [7, 11) is 1.26. The minimum Gasteiger partial charge on any atom is -0.464 e. The zero-order valence-electron chi connectivity index (χ0n) is 7.24. The van der Waals surface area contributed by atoms with E-state index < -0.39 is 5.97 Å². The maximum atomic E-state index is 11.0. The van der Waals surface area contributed by atoms with Crippen LogP contribution in [0.3, 0.4) is 0 Å². The fourth-order valence-corrected chi connectivity index (χ4v) is 0.818. The number of aryl methyl sites for hydroxylation is 1. The minimum atomic E-state index is -0.560. The summed E-state index contributed by atoms with van der Waals surface area (Å²) in [5, 5.41) is 0. The molecule has 0 atom stereocenters. The first-order valence-corrected chi connectivity index (χ1v) is 3.49. The number of nitrogens with zero attached hydrogens (tertiary/aromatic N) is 3. The van der Waals surface area contributed by atoms with Gasteiger partial charge in [0.15, 0.2) is 0 Å². The molecule has 13 heavy (non-hydrogen) atoms. The number of ether oxygens (including phenoxy) is 1. The second-order valence-corrected chi connectivity index (χ2v) is 2.26. The van der Waals surface area contributed by atoms with E-state index in [1.807, 2.05) is 0 Å². The van der Waals surface area contributed by atoms with Crippen LogP contribution in [0.4, 0.5) is 5.82 Å². The second kappa shape index (κ2) is 3.63. The maximum absolute atomic E-state index is 11.0. The van der Waals surface area contributed by atoms with E-state index in [4.69, 9.17) is 6.57 Å². The lowest BCUT2D eigenvalue weighted by Crippen LogP contribution is -2.05. The van der Waals surface area contributed by atoms with Crippen molar-refractivity contribution in [3.05, 3.63) is 29.0 Å². The molecule has 0 aliphatic rings. The molecule has 0 bridgehead atoms. The Morgan fingerprint density at radius 3 is 2.85 bits per heavy atom. The van der Waals surface area contributed by atoms with Crippen LogP contribution >= 0.6 is 0 Å². The standard InChI is InChI=1S/C8H7N3O2/c1-5-10-6(8(12)13-3)4-7(9-2)11-5/h4H,1,3H3. The van der Waals surface area contributed by atoms with E-state index in [0.29, 0.717) is 5.82 Å². The van der Waals surface area contributed by atoms with Crippen LogP contribution in [0.15, 0.2) is 6.07 Å². The van der Waals surface area contributed by atoms with Crippen molar-refractivity contribution >= 4 is 11.8 Å². The molecule has 0 N–H and O–H groups in total. The SMILES string of the molecule is [C-]#[N+]c1cc(C(=O)OC)nc(C)n1. The molecule has 0 saturated heterocycles. The van der Waals surface area contributed by atoms with Gasteiger partial charge in [-0.25, -0.2) is 9.78 Å². The zero-order valence-corrected chi connectivity index (χ0v) is 7.24. The van der Waals surface area contributed by atoms with Crippen LogP contribution in [0.25, 0.3) is 4.85 Å². The number of aromatic nitrogens is 2. The molecular weight excluding hydrogens is 170 g/mol. The monoisotopic (exact) mass is 177 g/mol. The fraction of sp³-hybridized carbons (Fsp3) is 0.250. The highest BCUT2D eigenvalue weighted by molar-refractivity contribution is 5.87. The maximum Gasteiger partial charge on any atom is 0.355 e. The third-order valence-electron chi connectivity index (χ3n) is 1.33. The fourth-order valence-electron chi connectivity index (χ4n) is 0.818. The summed E-state index contributed by atoms with van der Waals surface area (Å²) in [5.41, 5.74) is 0.112. The van der Waals surface area contributed by atoms with Gasteiger partial charge >= 0.3 is 5.97 Å². The number of hydrogen-bond donors (Lipinski definition) is 0. The lowest BCUT2D eigenvalue weighted by atomic mass is 10.4. The Kier molecular flexibility index (Phi) is 2.55. The Balaban J connectivity index is 3.17. The van der Waals surface area contributed by atoms with Crippen molar-refractivity contribution in [3.8, 4) is 0 Å². The Morgan fingerprint density at radius 2 is 2.31 bits per heavy atom. The third kappa shape index (κ3) is 1.99. The molecule has 0 aliphatic heterocycles. The van der Waals surface area contributed by atoms with Crippen molar-refractivity contribution in [1.82, 2.24) is 9.97 Å². The average Bonchev–Trinajstić information content (AvgIpc) is 2.15. The first-order chi connectivity index (χ1) is 6.17. The molecule has 5 heteroatoms. The topological polar surface area (TPSA) is 56.4 Å². The Bertz CT molecular complexity index is 381. The van der Waals surface area contributed by atoms with Crippen LogP contribution in [-0.4, -0.2) is 23.0 Å². The van der Waals surface area contributed by atoms with Crippen LogP contribution in [-0.2, 0) is 4.74 Å².